The van der Waals surface area contributed by atoms with Gasteiger partial charge in [0, 0.05) is 0 Å². The smallest absolute Gasteiger partial charge is 1.00 e. The van der Waals surface area contributed by atoms with Gasteiger partial charge in [-0.2, -0.15) is 0 Å². The Hall–Kier alpha value is -1.49. The summed E-state index contributed by atoms with van der Waals surface area (Å²) in [6, 6.07) is 45.9. The van der Waals surface area contributed by atoms with Crippen LogP contribution in [0.2, 0.25) is 0 Å². The normalized spacial score (nSPS) is 16.3. The van der Waals surface area contributed by atoms with Crippen molar-refractivity contribution in [3.63, 3.8) is 0 Å². The molecule has 0 aliphatic heterocycles. The first-order chi connectivity index (χ1) is 28.1. The van der Waals surface area contributed by atoms with Crippen molar-refractivity contribution in [2.75, 3.05) is 13.1 Å². The van der Waals surface area contributed by atoms with Gasteiger partial charge in [0.1, 0.15) is 0 Å². The van der Waals surface area contributed by atoms with E-state index in [-0.39, 0.29) is 24.8 Å². The molecule has 2 atom stereocenters. The standard InChI is InChI=1S/2C12H11Si.2C9H13.2C5H12N.2ClH.2Hf/c2*1-3-7-11(8-4-1)13-12-9-5-2-6-10-12;2*1-6-5-7(2)9(4)8(6)3;2*1-2-3-4-5-6;;;;/h2*1-10,13H;2*6H,1-4H3;2*6H,2-5H2,1H3;2*1H;;/q;;;;2*-1;;;2*+2/p-2. The minimum absolute atomic E-state index is 0. The molecule has 320 valence electrons. The molecule has 2 unspecified atom stereocenters. The van der Waals surface area contributed by atoms with Crippen LogP contribution in [0, 0.1) is 11.8 Å². The Balaban J connectivity index is 0.000000310. The molecule has 8 heteroatoms. The third-order valence-electron chi connectivity index (χ3n) is 13.2. The van der Waals surface area contributed by atoms with E-state index in [9.17, 15) is 0 Å². The van der Waals surface area contributed by atoms with Gasteiger partial charge < -0.3 is 24.8 Å². The van der Waals surface area contributed by atoms with Crippen LogP contribution in [0.25, 0.3) is 0 Å². The van der Waals surface area contributed by atoms with Gasteiger partial charge in [-0.15, -0.1) is 0 Å². The molecule has 2 nitrogen and oxygen atoms in total. The zero-order valence-electron chi connectivity index (χ0n) is 38.3. The van der Waals surface area contributed by atoms with Gasteiger partial charge in [0.2, 0.25) is 0 Å². The molecule has 0 fully saturated rings. The molecule has 0 radical (unpaired) electrons. The second kappa shape index (κ2) is 27.0. The van der Waals surface area contributed by atoms with Crippen molar-refractivity contribution in [3.05, 3.63) is 161 Å². The van der Waals surface area contributed by atoms with Gasteiger partial charge in [-0.1, -0.05) is 0 Å². The van der Waals surface area contributed by atoms with Crippen LogP contribution in [0.4, 0.5) is 0 Å². The number of hydrogen-bond acceptors (Lipinski definition) is 2. The maximum Gasteiger partial charge on any atom is -1.00 e. The summed E-state index contributed by atoms with van der Waals surface area (Å²) >= 11 is -4.65. The van der Waals surface area contributed by atoms with Gasteiger partial charge >= 0.3 is 375 Å². The van der Waals surface area contributed by atoms with Gasteiger partial charge in [-0.25, -0.2) is 0 Å². The number of unbranched alkanes of at least 4 members (excludes halogenated alkanes) is 4. The fourth-order valence-corrected chi connectivity index (χ4v) is 72.2. The Labute approximate surface area is 396 Å². The number of rotatable bonds is 18. The van der Waals surface area contributed by atoms with Crippen LogP contribution in [0.15, 0.2) is 161 Å². The molecule has 0 bridgehead atoms. The third kappa shape index (κ3) is 13.3. The van der Waals surface area contributed by atoms with E-state index in [1.807, 2.05) is 6.66 Å². The van der Waals surface area contributed by atoms with Crippen LogP contribution in [0.1, 0.15) is 108 Å². The molecule has 4 aromatic carbocycles. The average Bonchev–Trinajstić information content (AvgIpc) is 3.57. The predicted molar refractivity (Wildman–Crippen MR) is 254 cm³/mol. The van der Waals surface area contributed by atoms with Gasteiger partial charge in [0.05, 0.1) is 0 Å². The van der Waals surface area contributed by atoms with Gasteiger partial charge in [-0.05, 0) is 0 Å². The van der Waals surface area contributed by atoms with Crippen LogP contribution in [-0.4, -0.2) is 25.1 Å². The summed E-state index contributed by atoms with van der Waals surface area (Å²) in [7, 11) is 0. The van der Waals surface area contributed by atoms with Crippen LogP contribution < -0.4 is 52.2 Å². The first kappa shape index (κ1) is 52.9. The topological polar surface area (TPSA) is 24.1 Å². The largest absolute Gasteiger partial charge is 1.00 e. The molecule has 0 amide bonds. The molecule has 0 saturated carbocycles. The molecule has 2 aliphatic carbocycles. The van der Waals surface area contributed by atoms with Gasteiger partial charge in [0.25, 0.3) is 0 Å². The number of halogens is 2. The van der Waals surface area contributed by atoms with Crippen molar-refractivity contribution >= 4 is 32.7 Å². The van der Waals surface area contributed by atoms with Crippen LogP contribution in [0.3, 0.4) is 0 Å². The summed E-state index contributed by atoms with van der Waals surface area (Å²) in [5.41, 5.74) is 9.54. The van der Waals surface area contributed by atoms with Crippen LogP contribution in [0.5, 0.6) is 0 Å². The molecule has 0 heterocycles. The minimum Gasteiger partial charge on any atom is -1.00 e. The van der Waals surface area contributed by atoms with E-state index >= 15 is 0 Å². The molecule has 6 rings (SSSR count). The zero-order chi connectivity index (χ0) is 41.6. The number of hydrogen-bond donors (Lipinski definition) is 2. The summed E-state index contributed by atoms with van der Waals surface area (Å²) in [5, 5.41) is 6.49. The SMILES string of the molecule is CCCCC[NH][Hf+]([C]1=C(C)C(C)=C(C)C1C)[SiH](c1ccccc1)c1ccccc1.CCCCC[NH][Hf+]([C]1=C(C)C(C)=C(C)C1C)[SiH](c1ccccc1)c1ccccc1.[Cl-].[Cl-]. The molecule has 4 aromatic rings. The minimum atomic E-state index is -2.33. The van der Waals surface area contributed by atoms with E-state index in [4.69, 9.17) is 0 Å². The molecule has 0 saturated heterocycles. The molecular formula is C52H72Cl2Hf2N2Si2. The Bertz CT molecular complexity index is 1790. The number of benzene rings is 4. The predicted octanol–water partition coefficient (Wildman–Crippen LogP) is 4.20. The van der Waals surface area contributed by atoms with E-state index in [0.717, 1.165) is 0 Å². The summed E-state index contributed by atoms with van der Waals surface area (Å²) in [4.78, 5) is 0. The van der Waals surface area contributed by atoms with E-state index < -0.39 is 53.8 Å². The maximum absolute atomic E-state index is 4.29. The maximum atomic E-state index is 4.29. The summed E-state index contributed by atoms with van der Waals surface area (Å²) in [6.07, 6.45) is 7.86. The fraction of sp³-hybridized carbons (Fsp3) is 0.385. The average molecular weight is 1210 g/mol. The van der Waals surface area contributed by atoms with Crippen LogP contribution >= 0.6 is 0 Å². The molecule has 2 aliphatic rings. The van der Waals surface area contributed by atoms with Gasteiger partial charge in [-0.3, -0.25) is 0 Å². The third-order valence-corrected chi connectivity index (χ3v) is 68.3. The van der Waals surface area contributed by atoms with Crippen molar-refractivity contribution in [1.82, 2.24) is 6.61 Å². The van der Waals surface area contributed by atoms with E-state index in [0.29, 0.717) is 11.8 Å². The van der Waals surface area contributed by atoms with Crippen LogP contribution in [-0.2, 0) is 41.8 Å². The second-order valence-corrected chi connectivity index (χ2v) is 55.4. The van der Waals surface area contributed by atoms with E-state index in [1.165, 1.54) is 51.6 Å². The first-order valence-corrected chi connectivity index (χ1v) is 45.4. The Morgan fingerprint density at radius 3 is 0.900 bits per heavy atom. The van der Waals surface area contributed by atoms with Gasteiger partial charge in [0.15, 0.2) is 0 Å². The van der Waals surface area contributed by atoms with Crippen molar-refractivity contribution in [2.45, 2.75) is 108 Å². The quantitative estimate of drug-likeness (QED) is 0.116. The molecule has 0 aromatic heterocycles. The number of allylic oxidation sites excluding steroid dienone is 8. The van der Waals surface area contributed by atoms with Crippen molar-refractivity contribution < 1.29 is 66.6 Å². The Kier molecular flexibility index (Phi) is 23.8. The van der Waals surface area contributed by atoms with E-state index in [2.05, 4.69) is 197 Å². The van der Waals surface area contributed by atoms with Crippen molar-refractivity contribution in [2.24, 2.45) is 11.8 Å². The molecular weight excluding hydrogens is 1140 g/mol. The zero-order valence-corrected chi connectivity index (χ0v) is 49.3. The summed E-state index contributed by atoms with van der Waals surface area (Å²) in [6.45, 7) is 26.1. The van der Waals surface area contributed by atoms with Crippen molar-refractivity contribution in [3.8, 4) is 0 Å². The number of nitrogens with one attached hydrogen (secondary N) is 2. The monoisotopic (exact) mass is 1210 g/mol. The molecule has 0 spiro atoms. The Morgan fingerprint density at radius 1 is 0.417 bits per heavy atom. The van der Waals surface area contributed by atoms with E-state index in [1.54, 1.807) is 54.2 Å². The molecule has 2 N–H and O–H groups in total. The second-order valence-electron chi connectivity index (χ2n) is 16.7. The molecule has 60 heavy (non-hydrogen) atoms. The summed E-state index contributed by atoms with van der Waals surface area (Å²) < 4.78 is 12.3. The fourth-order valence-electron chi connectivity index (χ4n) is 9.13. The Morgan fingerprint density at radius 2 is 0.683 bits per heavy atom. The van der Waals surface area contributed by atoms with Crippen molar-refractivity contribution in [1.29, 1.82) is 0 Å². The summed E-state index contributed by atoms with van der Waals surface area (Å²) in [5.74, 6) is -1.32. The first-order valence-electron chi connectivity index (χ1n) is 22.3.